The van der Waals surface area contributed by atoms with Gasteiger partial charge >= 0.3 is 0 Å². The van der Waals surface area contributed by atoms with E-state index in [2.05, 4.69) is 20.9 Å². The quantitative estimate of drug-likeness (QED) is 0.810. The minimum atomic E-state index is -3.86. The molecule has 112 valence electrons. The lowest BCUT2D eigenvalue weighted by Gasteiger charge is -2.17. The Morgan fingerprint density at radius 3 is 2.71 bits per heavy atom. The average Bonchev–Trinajstić information content (AvgIpc) is 2.48. The van der Waals surface area contributed by atoms with Crippen LogP contribution in [-0.2, 0) is 16.4 Å². The normalized spacial score (nSPS) is 11.8. The van der Waals surface area contributed by atoms with Gasteiger partial charge in [0.2, 0.25) is 10.0 Å². The van der Waals surface area contributed by atoms with Gasteiger partial charge in [-0.1, -0.05) is 22.0 Å². The molecule has 2 rings (SSSR count). The van der Waals surface area contributed by atoms with Crippen LogP contribution in [0, 0.1) is 5.82 Å². The molecular formula is C14H14BrFN2O2S. The van der Waals surface area contributed by atoms with Crippen molar-refractivity contribution in [3.8, 4) is 0 Å². The molecule has 0 aliphatic heterocycles. The molecule has 1 aromatic heterocycles. The fraction of sp³-hybridized carbons (Fsp3) is 0.214. The number of benzene rings is 1. The van der Waals surface area contributed by atoms with Crippen LogP contribution in [0.15, 0.2) is 52.0 Å². The molecule has 0 saturated carbocycles. The number of hydrogen-bond acceptors (Lipinski definition) is 3. The highest BCUT2D eigenvalue weighted by Gasteiger charge is 2.24. The highest BCUT2D eigenvalue weighted by atomic mass is 79.9. The Morgan fingerprint density at radius 1 is 1.29 bits per heavy atom. The van der Waals surface area contributed by atoms with Gasteiger partial charge in [0.25, 0.3) is 0 Å². The Kier molecular flexibility index (Phi) is 5.08. The van der Waals surface area contributed by atoms with E-state index in [-0.39, 0.29) is 11.4 Å². The highest BCUT2D eigenvalue weighted by Crippen LogP contribution is 2.22. The van der Waals surface area contributed by atoms with Crippen molar-refractivity contribution in [1.29, 1.82) is 0 Å². The van der Waals surface area contributed by atoms with Gasteiger partial charge in [-0.25, -0.2) is 17.1 Å². The second kappa shape index (κ2) is 6.64. The van der Waals surface area contributed by atoms with Crippen LogP contribution in [0.4, 0.5) is 4.39 Å². The first-order chi connectivity index (χ1) is 9.91. The molecule has 7 heteroatoms. The number of sulfonamides is 1. The SMILES string of the molecule is CN(CCc1ccccn1)S(=O)(=O)c1cc(Br)ccc1F. The summed E-state index contributed by atoms with van der Waals surface area (Å²) < 4.78 is 40.1. The fourth-order valence-corrected chi connectivity index (χ4v) is 3.55. The van der Waals surface area contributed by atoms with E-state index in [1.807, 2.05) is 12.1 Å². The third kappa shape index (κ3) is 3.87. The summed E-state index contributed by atoms with van der Waals surface area (Å²) in [6.45, 7) is 0.227. The van der Waals surface area contributed by atoms with E-state index in [0.717, 1.165) is 16.1 Å². The summed E-state index contributed by atoms with van der Waals surface area (Å²) in [5, 5.41) is 0. The first-order valence-electron chi connectivity index (χ1n) is 6.22. The molecule has 4 nitrogen and oxygen atoms in total. The molecule has 21 heavy (non-hydrogen) atoms. The van der Waals surface area contributed by atoms with Crippen molar-refractivity contribution in [3.05, 3.63) is 58.6 Å². The lowest BCUT2D eigenvalue weighted by atomic mass is 10.3. The van der Waals surface area contributed by atoms with Crippen molar-refractivity contribution in [2.24, 2.45) is 0 Å². The lowest BCUT2D eigenvalue weighted by Crippen LogP contribution is -2.29. The van der Waals surface area contributed by atoms with Crippen LogP contribution in [0.2, 0.25) is 0 Å². The number of aromatic nitrogens is 1. The number of pyridine rings is 1. The molecule has 0 amide bonds. The second-order valence-corrected chi connectivity index (χ2v) is 7.40. The third-order valence-corrected chi connectivity index (χ3v) is 5.36. The van der Waals surface area contributed by atoms with Crippen LogP contribution in [0.3, 0.4) is 0 Å². The van der Waals surface area contributed by atoms with Gasteiger partial charge in [0.1, 0.15) is 10.7 Å². The van der Waals surface area contributed by atoms with Crippen LogP contribution < -0.4 is 0 Å². The zero-order chi connectivity index (χ0) is 15.5. The Balaban J connectivity index is 2.17. The van der Waals surface area contributed by atoms with Gasteiger partial charge < -0.3 is 0 Å². The van der Waals surface area contributed by atoms with Crippen molar-refractivity contribution in [3.63, 3.8) is 0 Å². The van der Waals surface area contributed by atoms with Gasteiger partial charge in [0.15, 0.2) is 0 Å². The maximum atomic E-state index is 13.7. The van der Waals surface area contributed by atoms with E-state index < -0.39 is 15.8 Å². The van der Waals surface area contributed by atoms with Gasteiger partial charge in [-0.05, 0) is 30.3 Å². The summed E-state index contributed by atoms with van der Waals surface area (Å²) >= 11 is 3.15. The molecule has 1 aromatic carbocycles. The zero-order valence-electron chi connectivity index (χ0n) is 11.3. The maximum absolute atomic E-state index is 13.7. The van der Waals surface area contributed by atoms with Crippen LogP contribution in [0.25, 0.3) is 0 Å². The second-order valence-electron chi connectivity index (χ2n) is 4.47. The van der Waals surface area contributed by atoms with Crippen molar-refractivity contribution >= 4 is 26.0 Å². The summed E-state index contributed by atoms with van der Waals surface area (Å²) in [4.78, 5) is 3.80. The van der Waals surface area contributed by atoms with Crippen LogP contribution in [-0.4, -0.2) is 31.3 Å². The highest BCUT2D eigenvalue weighted by molar-refractivity contribution is 9.10. The minimum Gasteiger partial charge on any atom is -0.261 e. The predicted octanol–water partition coefficient (Wildman–Crippen LogP) is 2.85. The fourth-order valence-electron chi connectivity index (χ4n) is 1.78. The summed E-state index contributed by atoms with van der Waals surface area (Å²) in [7, 11) is -2.43. The van der Waals surface area contributed by atoms with Gasteiger partial charge in [-0.15, -0.1) is 0 Å². The van der Waals surface area contributed by atoms with E-state index in [9.17, 15) is 12.8 Å². The summed E-state index contributed by atoms with van der Waals surface area (Å²) in [6, 6.07) is 9.31. The first kappa shape index (κ1) is 16.1. The van der Waals surface area contributed by atoms with Gasteiger partial charge in [-0.2, -0.15) is 0 Å². The lowest BCUT2D eigenvalue weighted by molar-refractivity contribution is 0.464. The van der Waals surface area contributed by atoms with E-state index in [1.165, 1.54) is 19.2 Å². The summed E-state index contributed by atoms with van der Waals surface area (Å²) in [5.74, 6) is -0.761. The molecule has 0 aliphatic carbocycles. The van der Waals surface area contributed by atoms with Crippen LogP contribution in [0.1, 0.15) is 5.69 Å². The molecule has 0 aliphatic rings. The number of rotatable bonds is 5. The van der Waals surface area contributed by atoms with Gasteiger partial charge in [-0.3, -0.25) is 4.98 Å². The summed E-state index contributed by atoms with van der Waals surface area (Å²) in [5.41, 5.74) is 0.786. The Hall–Kier alpha value is -1.31. The van der Waals surface area contributed by atoms with Crippen molar-refractivity contribution in [2.75, 3.05) is 13.6 Å². The largest absolute Gasteiger partial charge is 0.261 e. The number of hydrogen-bond donors (Lipinski definition) is 0. The number of nitrogens with zero attached hydrogens (tertiary/aromatic N) is 2. The molecule has 0 bridgehead atoms. The third-order valence-electron chi connectivity index (χ3n) is 2.99. The molecule has 2 aromatic rings. The smallest absolute Gasteiger partial charge is 0.245 e. The van der Waals surface area contributed by atoms with Crippen LogP contribution in [0.5, 0.6) is 0 Å². The minimum absolute atomic E-state index is 0.227. The van der Waals surface area contributed by atoms with E-state index in [0.29, 0.717) is 10.9 Å². The van der Waals surface area contributed by atoms with Crippen molar-refractivity contribution in [2.45, 2.75) is 11.3 Å². The van der Waals surface area contributed by atoms with E-state index >= 15 is 0 Å². The Bertz CT molecular complexity index is 723. The average molecular weight is 373 g/mol. The molecule has 0 spiro atoms. The Labute approximate surface area is 131 Å². The molecule has 0 atom stereocenters. The molecule has 0 fully saturated rings. The topological polar surface area (TPSA) is 50.3 Å². The first-order valence-corrected chi connectivity index (χ1v) is 8.46. The monoisotopic (exact) mass is 372 g/mol. The number of halogens is 2. The molecule has 1 heterocycles. The molecule has 0 saturated heterocycles. The van der Waals surface area contributed by atoms with Crippen LogP contribution >= 0.6 is 15.9 Å². The maximum Gasteiger partial charge on any atom is 0.245 e. The molecule has 0 unspecified atom stereocenters. The van der Waals surface area contributed by atoms with Gasteiger partial charge in [0, 0.05) is 36.4 Å². The Morgan fingerprint density at radius 2 is 2.05 bits per heavy atom. The molecular weight excluding hydrogens is 359 g/mol. The molecule has 0 N–H and O–H groups in total. The van der Waals surface area contributed by atoms with E-state index in [1.54, 1.807) is 12.3 Å². The number of likely N-dealkylation sites (N-methyl/N-ethyl adjacent to an activating group) is 1. The standard InChI is InChI=1S/C14H14BrFN2O2S/c1-18(9-7-12-4-2-3-8-17-12)21(19,20)14-10-11(15)5-6-13(14)16/h2-6,8,10H,7,9H2,1H3. The summed E-state index contributed by atoms with van der Waals surface area (Å²) in [6.07, 6.45) is 2.12. The van der Waals surface area contributed by atoms with Crippen molar-refractivity contribution < 1.29 is 12.8 Å². The van der Waals surface area contributed by atoms with Gasteiger partial charge in [0.05, 0.1) is 0 Å². The predicted molar refractivity (Wildman–Crippen MR) is 81.9 cm³/mol. The zero-order valence-corrected chi connectivity index (χ0v) is 13.7. The molecule has 0 radical (unpaired) electrons. The van der Waals surface area contributed by atoms with Crippen molar-refractivity contribution in [1.82, 2.24) is 9.29 Å². The van der Waals surface area contributed by atoms with E-state index in [4.69, 9.17) is 0 Å².